The fourth-order valence-electron chi connectivity index (χ4n) is 2.45. The molecule has 0 aromatic heterocycles. The first-order chi connectivity index (χ1) is 11.2. The molecule has 1 aliphatic rings. The second kappa shape index (κ2) is 9.33. The number of rotatable bonds is 8. The van der Waals surface area contributed by atoms with Gasteiger partial charge in [0.1, 0.15) is 5.92 Å². The van der Waals surface area contributed by atoms with Gasteiger partial charge in [-0.3, -0.25) is 9.59 Å². The summed E-state index contributed by atoms with van der Waals surface area (Å²) in [5, 5.41) is 9.14. The number of hydrogen-bond donors (Lipinski definition) is 1. The van der Waals surface area contributed by atoms with Gasteiger partial charge in [-0.05, 0) is 18.9 Å². The molecule has 1 aliphatic carbocycles. The molecule has 2 unspecified atom stereocenters. The van der Waals surface area contributed by atoms with Crippen molar-refractivity contribution in [3.63, 3.8) is 0 Å². The first-order valence-electron chi connectivity index (χ1n) is 7.86. The highest BCUT2D eigenvalue weighted by atomic mass is 35.5. The average Bonchev–Trinajstić information content (AvgIpc) is 2.55. The second-order valence-electron chi connectivity index (χ2n) is 5.67. The molecule has 0 heterocycles. The van der Waals surface area contributed by atoms with Crippen LogP contribution in [0, 0.1) is 5.92 Å². The van der Waals surface area contributed by atoms with E-state index in [0.717, 1.165) is 25.7 Å². The Hall–Kier alpha value is -0.420. The number of carboxylic acids is 1. The van der Waals surface area contributed by atoms with Crippen LogP contribution in [0.2, 0.25) is 0 Å². The number of allylic oxidation sites excluding steroid dienone is 2. The lowest BCUT2D eigenvalue weighted by Crippen LogP contribution is -2.53. The molecule has 0 bridgehead atoms. The van der Waals surface area contributed by atoms with Gasteiger partial charge in [0.15, 0.2) is 4.87 Å². The molecule has 1 rings (SSSR count). The molecule has 136 valence electrons. The van der Waals surface area contributed by atoms with Gasteiger partial charge in [-0.2, -0.15) is 0 Å². The molecular formula is C16H21Cl4NO3. The Morgan fingerprint density at radius 3 is 2.08 bits per heavy atom. The molecule has 8 heteroatoms. The van der Waals surface area contributed by atoms with Crippen LogP contribution in [0.15, 0.2) is 21.2 Å². The Bertz CT molecular complexity index is 554. The molecule has 0 spiro atoms. The Morgan fingerprint density at radius 2 is 1.67 bits per heavy atom. The normalized spacial score (nSPS) is 23.9. The molecule has 0 fully saturated rings. The van der Waals surface area contributed by atoms with E-state index in [1.807, 2.05) is 13.8 Å². The molecule has 1 N–H and O–H groups in total. The van der Waals surface area contributed by atoms with Crippen LogP contribution in [0.4, 0.5) is 0 Å². The van der Waals surface area contributed by atoms with Crippen molar-refractivity contribution >= 4 is 58.3 Å². The third-order valence-corrected chi connectivity index (χ3v) is 5.96. The van der Waals surface area contributed by atoms with E-state index in [4.69, 9.17) is 46.4 Å². The van der Waals surface area contributed by atoms with Gasteiger partial charge in [-0.25, -0.2) is 0 Å². The molecule has 2 atom stereocenters. The quantitative estimate of drug-likeness (QED) is 0.571. The summed E-state index contributed by atoms with van der Waals surface area (Å²) in [6.07, 6.45) is 4.52. The van der Waals surface area contributed by atoms with E-state index in [1.54, 1.807) is 4.90 Å². The zero-order valence-electron chi connectivity index (χ0n) is 13.6. The molecule has 0 aromatic carbocycles. The van der Waals surface area contributed by atoms with Crippen molar-refractivity contribution < 1.29 is 14.7 Å². The molecule has 0 aliphatic heterocycles. The summed E-state index contributed by atoms with van der Waals surface area (Å²) in [7, 11) is 0. The summed E-state index contributed by atoms with van der Waals surface area (Å²) < 4.78 is 0. The maximum Gasteiger partial charge on any atom is 0.313 e. The lowest BCUT2D eigenvalue weighted by atomic mass is 9.85. The third kappa shape index (κ3) is 4.40. The fraction of sp³-hybridized carbons (Fsp3) is 0.625. The summed E-state index contributed by atoms with van der Waals surface area (Å²) >= 11 is 24.6. The van der Waals surface area contributed by atoms with Crippen LogP contribution in [0.5, 0.6) is 0 Å². The summed E-state index contributed by atoms with van der Waals surface area (Å²) in [5.41, 5.74) is 0. The van der Waals surface area contributed by atoms with Crippen LogP contribution in [-0.2, 0) is 9.59 Å². The van der Waals surface area contributed by atoms with Gasteiger partial charge >= 0.3 is 5.97 Å². The second-order valence-corrected chi connectivity index (χ2v) is 7.43. The molecule has 24 heavy (non-hydrogen) atoms. The van der Waals surface area contributed by atoms with E-state index in [0.29, 0.717) is 13.1 Å². The minimum atomic E-state index is -1.98. The van der Waals surface area contributed by atoms with Crippen LogP contribution in [0.1, 0.15) is 39.5 Å². The summed E-state index contributed by atoms with van der Waals surface area (Å²) in [5.74, 6) is -3.23. The van der Waals surface area contributed by atoms with Gasteiger partial charge in [-0.1, -0.05) is 61.5 Å². The van der Waals surface area contributed by atoms with Crippen LogP contribution in [-0.4, -0.2) is 39.8 Å². The zero-order chi connectivity index (χ0) is 18.5. The minimum absolute atomic E-state index is 0.0215. The lowest BCUT2D eigenvalue weighted by Gasteiger charge is -2.37. The molecule has 0 saturated heterocycles. The fourth-order valence-corrected chi connectivity index (χ4v) is 3.65. The van der Waals surface area contributed by atoms with E-state index in [1.165, 1.54) is 6.08 Å². The number of aliphatic carboxylic acids is 1. The van der Waals surface area contributed by atoms with Crippen LogP contribution in [0.3, 0.4) is 0 Å². The first-order valence-corrected chi connectivity index (χ1v) is 9.37. The van der Waals surface area contributed by atoms with Crippen LogP contribution in [0.25, 0.3) is 0 Å². The number of nitrogens with zero attached hydrogens (tertiary/aromatic N) is 1. The molecule has 0 radical (unpaired) electrons. The van der Waals surface area contributed by atoms with Crippen molar-refractivity contribution in [1.82, 2.24) is 4.90 Å². The largest absolute Gasteiger partial charge is 0.481 e. The first kappa shape index (κ1) is 21.6. The monoisotopic (exact) mass is 415 g/mol. The van der Waals surface area contributed by atoms with Crippen molar-refractivity contribution in [1.29, 1.82) is 0 Å². The summed E-state index contributed by atoms with van der Waals surface area (Å²) in [6.45, 7) is 4.97. The van der Waals surface area contributed by atoms with E-state index in [-0.39, 0.29) is 15.1 Å². The maximum absolute atomic E-state index is 13.1. The maximum atomic E-state index is 13.1. The Balaban J connectivity index is 3.28. The molecule has 0 aromatic rings. The van der Waals surface area contributed by atoms with Crippen molar-refractivity contribution in [2.24, 2.45) is 5.92 Å². The van der Waals surface area contributed by atoms with E-state index in [9.17, 15) is 14.7 Å². The molecule has 1 amide bonds. The number of unbranched alkanes of at least 4 members (excludes halogenated alkanes) is 2. The average molecular weight is 417 g/mol. The number of carboxylic acid groups (broad SMARTS) is 1. The Morgan fingerprint density at radius 1 is 1.17 bits per heavy atom. The number of carbonyl (C=O) groups is 2. The van der Waals surface area contributed by atoms with Gasteiger partial charge in [0, 0.05) is 13.1 Å². The van der Waals surface area contributed by atoms with Crippen molar-refractivity contribution in [2.75, 3.05) is 13.1 Å². The molecule has 0 saturated carbocycles. The van der Waals surface area contributed by atoms with E-state index < -0.39 is 22.7 Å². The van der Waals surface area contributed by atoms with Gasteiger partial charge < -0.3 is 10.0 Å². The number of halogens is 4. The Kier molecular flexibility index (Phi) is 8.40. The zero-order valence-corrected chi connectivity index (χ0v) is 16.6. The number of alkyl halides is 1. The van der Waals surface area contributed by atoms with Gasteiger partial charge in [0.2, 0.25) is 0 Å². The third-order valence-electron chi connectivity index (χ3n) is 3.89. The van der Waals surface area contributed by atoms with Crippen molar-refractivity contribution in [3.8, 4) is 0 Å². The minimum Gasteiger partial charge on any atom is -0.481 e. The highest BCUT2D eigenvalue weighted by molar-refractivity contribution is 6.54. The van der Waals surface area contributed by atoms with Gasteiger partial charge in [-0.15, -0.1) is 11.6 Å². The van der Waals surface area contributed by atoms with E-state index >= 15 is 0 Å². The van der Waals surface area contributed by atoms with Crippen LogP contribution < -0.4 is 0 Å². The standard InChI is InChI=1S/C16H21Cl4NO3/c1-3-5-7-21(8-6-4-2)15(24)16(20)10(14(22)23)9-11(17)12(18)13(16)19/h9-10H,3-8H2,1-2H3,(H,22,23). The number of hydrogen-bond acceptors (Lipinski definition) is 2. The predicted molar refractivity (Wildman–Crippen MR) is 98.8 cm³/mol. The van der Waals surface area contributed by atoms with Crippen molar-refractivity contribution in [3.05, 3.63) is 21.2 Å². The van der Waals surface area contributed by atoms with Crippen molar-refractivity contribution in [2.45, 2.75) is 44.4 Å². The lowest BCUT2D eigenvalue weighted by molar-refractivity contribution is -0.146. The van der Waals surface area contributed by atoms with Crippen LogP contribution >= 0.6 is 46.4 Å². The molecular weight excluding hydrogens is 396 g/mol. The van der Waals surface area contributed by atoms with E-state index in [2.05, 4.69) is 0 Å². The highest BCUT2D eigenvalue weighted by Crippen LogP contribution is 2.47. The highest BCUT2D eigenvalue weighted by Gasteiger charge is 2.54. The number of amides is 1. The SMILES string of the molecule is CCCCN(CCCC)C(=O)C1(Cl)C(Cl)=C(Cl)C(Cl)=CC1C(=O)O. The summed E-state index contributed by atoms with van der Waals surface area (Å²) in [4.78, 5) is 24.3. The Labute approximate surface area is 162 Å². The summed E-state index contributed by atoms with van der Waals surface area (Å²) in [6, 6.07) is 0. The smallest absolute Gasteiger partial charge is 0.313 e. The number of carbonyl (C=O) groups excluding carboxylic acids is 1. The predicted octanol–water partition coefficient (Wildman–Crippen LogP) is 4.92. The molecule has 4 nitrogen and oxygen atoms in total. The van der Waals surface area contributed by atoms with Gasteiger partial charge in [0.05, 0.1) is 15.1 Å². The topological polar surface area (TPSA) is 57.6 Å². The van der Waals surface area contributed by atoms with Gasteiger partial charge in [0.25, 0.3) is 5.91 Å².